The van der Waals surface area contributed by atoms with Crippen molar-refractivity contribution in [1.82, 2.24) is 4.90 Å². The second-order valence-corrected chi connectivity index (χ2v) is 7.87. The molecule has 2 aromatic rings. The topological polar surface area (TPSA) is 58.6 Å². The van der Waals surface area contributed by atoms with Crippen LogP contribution in [0.2, 0.25) is 10.0 Å². The third kappa shape index (κ3) is 4.39. The summed E-state index contributed by atoms with van der Waals surface area (Å²) in [4.78, 5) is 27.4. The highest BCUT2D eigenvalue weighted by atomic mass is 79.9. The van der Waals surface area contributed by atoms with Gasteiger partial charge in [0.15, 0.2) is 0 Å². The molecule has 1 atom stereocenters. The first kappa shape index (κ1) is 20.0. The molecule has 1 aliphatic heterocycles. The van der Waals surface area contributed by atoms with Crippen LogP contribution in [0.1, 0.15) is 23.2 Å². The second kappa shape index (κ2) is 8.50. The zero-order chi connectivity index (χ0) is 19.6. The Balaban J connectivity index is 1.81. The Morgan fingerprint density at radius 1 is 1.22 bits per heavy atom. The Morgan fingerprint density at radius 2 is 2.00 bits per heavy atom. The van der Waals surface area contributed by atoms with E-state index in [1.165, 1.54) is 7.11 Å². The zero-order valence-corrected chi connectivity index (χ0v) is 17.6. The summed E-state index contributed by atoms with van der Waals surface area (Å²) in [5.41, 5.74) is 0.843. The Bertz CT molecular complexity index is 891. The van der Waals surface area contributed by atoms with Crippen molar-refractivity contribution in [2.24, 2.45) is 0 Å². The van der Waals surface area contributed by atoms with E-state index in [0.29, 0.717) is 40.0 Å². The van der Waals surface area contributed by atoms with Crippen LogP contribution < -0.4 is 10.1 Å². The number of ether oxygens (including phenoxy) is 1. The molecule has 2 amide bonds. The SMILES string of the molecule is COc1ccc(Cl)cc1C(=O)N1CCCC1C(=O)Nc1ccc(Br)cc1Cl. The smallest absolute Gasteiger partial charge is 0.258 e. The lowest BCUT2D eigenvalue weighted by atomic mass is 10.1. The number of carbonyl (C=O) groups excluding carboxylic acids is 2. The first-order valence-electron chi connectivity index (χ1n) is 8.31. The number of hydrogen-bond donors (Lipinski definition) is 1. The molecule has 3 rings (SSSR count). The third-order valence-corrected chi connectivity index (χ3v) is 5.44. The molecule has 1 unspecified atom stereocenters. The number of amides is 2. The molecule has 1 aliphatic rings. The van der Waals surface area contributed by atoms with E-state index in [1.807, 2.05) is 0 Å². The fraction of sp³-hybridized carbons (Fsp3) is 0.263. The van der Waals surface area contributed by atoms with E-state index in [0.717, 1.165) is 10.9 Å². The number of benzene rings is 2. The number of anilines is 1. The second-order valence-electron chi connectivity index (χ2n) is 6.11. The van der Waals surface area contributed by atoms with Gasteiger partial charge in [-0.25, -0.2) is 0 Å². The summed E-state index contributed by atoms with van der Waals surface area (Å²) in [6.45, 7) is 0.487. The van der Waals surface area contributed by atoms with Crippen molar-refractivity contribution in [2.45, 2.75) is 18.9 Å². The van der Waals surface area contributed by atoms with Crippen molar-refractivity contribution in [3.63, 3.8) is 0 Å². The summed E-state index contributed by atoms with van der Waals surface area (Å²) >= 11 is 15.5. The van der Waals surface area contributed by atoms with E-state index in [9.17, 15) is 9.59 Å². The van der Waals surface area contributed by atoms with E-state index >= 15 is 0 Å². The van der Waals surface area contributed by atoms with Crippen LogP contribution in [-0.2, 0) is 4.79 Å². The molecule has 1 fully saturated rings. The van der Waals surface area contributed by atoms with Crippen molar-refractivity contribution in [1.29, 1.82) is 0 Å². The van der Waals surface area contributed by atoms with E-state index in [1.54, 1.807) is 41.3 Å². The summed E-state index contributed by atoms with van der Waals surface area (Å²) in [7, 11) is 1.49. The lowest BCUT2D eigenvalue weighted by Crippen LogP contribution is -2.43. The van der Waals surface area contributed by atoms with Crippen LogP contribution in [0.15, 0.2) is 40.9 Å². The van der Waals surface area contributed by atoms with Gasteiger partial charge in [-0.15, -0.1) is 0 Å². The van der Waals surface area contributed by atoms with Crippen LogP contribution in [0.5, 0.6) is 5.75 Å². The number of carbonyl (C=O) groups is 2. The molecule has 1 saturated heterocycles. The number of methoxy groups -OCH3 is 1. The van der Waals surface area contributed by atoms with Crippen molar-refractivity contribution in [2.75, 3.05) is 19.0 Å². The van der Waals surface area contributed by atoms with Crippen LogP contribution in [0.4, 0.5) is 5.69 Å². The van der Waals surface area contributed by atoms with E-state index in [-0.39, 0.29) is 11.8 Å². The molecule has 27 heavy (non-hydrogen) atoms. The average Bonchev–Trinajstić information content (AvgIpc) is 3.13. The Kier molecular flexibility index (Phi) is 6.29. The average molecular weight is 472 g/mol. The maximum Gasteiger partial charge on any atom is 0.258 e. The molecular weight excluding hydrogens is 455 g/mol. The fourth-order valence-corrected chi connectivity index (χ4v) is 3.98. The lowest BCUT2D eigenvalue weighted by molar-refractivity contribution is -0.119. The summed E-state index contributed by atoms with van der Waals surface area (Å²) in [6, 6.07) is 9.47. The molecular formula is C19H17BrCl2N2O3. The summed E-state index contributed by atoms with van der Waals surface area (Å²) < 4.78 is 6.09. The Labute approximate surface area is 175 Å². The lowest BCUT2D eigenvalue weighted by Gasteiger charge is -2.25. The van der Waals surface area contributed by atoms with Gasteiger partial charge in [0.1, 0.15) is 11.8 Å². The molecule has 0 radical (unpaired) electrons. The van der Waals surface area contributed by atoms with E-state index in [4.69, 9.17) is 27.9 Å². The van der Waals surface area contributed by atoms with Gasteiger partial charge in [0.25, 0.3) is 5.91 Å². The van der Waals surface area contributed by atoms with Crippen LogP contribution in [0.25, 0.3) is 0 Å². The maximum absolute atomic E-state index is 13.0. The third-order valence-electron chi connectivity index (χ3n) is 4.40. The number of nitrogens with zero attached hydrogens (tertiary/aromatic N) is 1. The minimum Gasteiger partial charge on any atom is -0.496 e. The molecule has 0 saturated carbocycles. The highest BCUT2D eigenvalue weighted by Crippen LogP contribution is 2.30. The quantitative estimate of drug-likeness (QED) is 0.681. The van der Waals surface area contributed by atoms with Crippen molar-refractivity contribution in [3.05, 3.63) is 56.5 Å². The van der Waals surface area contributed by atoms with Gasteiger partial charge >= 0.3 is 0 Å². The zero-order valence-electron chi connectivity index (χ0n) is 14.5. The molecule has 1 N–H and O–H groups in total. The van der Waals surface area contributed by atoms with Gasteiger partial charge in [-0.1, -0.05) is 39.1 Å². The molecule has 1 heterocycles. The van der Waals surface area contributed by atoms with Crippen molar-refractivity contribution < 1.29 is 14.3 Å². The molecule has 0 spiro atoms. The molecule has 142 valence electrons. The first-order chi connectivity index (χ1) is 12.9. The number of likely N-dealkylation sites (tertiary alicyclic amines) is 1. The highest BCUT2D eigenvalue weighted by molar-refractivity contribution is 9.10. The minimum absolute atomic E-state index is 0.272. The number of halogens is 3. The maximum atomic E-state index is 13.0. The monoisotopic (exact) mass is 470 g/mol. The highest BCUT2D eigenvalue weighted by Gasteiger charge is 2.35. The Hall–Kier alpha value is -1.76. The predicted octanol–water partition coefficient (Wildman–Crippen LogP) is 5.01. The van der Waals surface area contributed by atoms with Crippen LogP contribution in [0.3, 0.4) is 0 Å². The summed E-state index contributed by atoms with van der Waals surface area (Å²) in [5.74, 6) is -0.133. The van der Waals surface area contributed by atoms with Crippen LogP contribution >= 0.6 is 39.1 Å². The van der Waals surface area contributed by atoms with Gasteiger partial charge in [-0.2, -0.15) is 0 Å². The van der Waals surface area contributed by atoms with E-state index in [2.05, 4.69) is 21.2 Å². The van der Waals surface area contributed by atoms with Gasteiger partial charge in [0, 0.05) is 16.0 Å². The largest absolute Gasteiger partial charge is 0.496 e. The van der Waals surface area contributed by atoms with Crippen molar-refractivity contribution >= 4 is 56.6 Å². The van der Waals surface area contributed by atoms with Crippen LogP contribution in [-0.4, -0.2) is 36.4 Å². The minimum atomic E-state index is -0.582. The Morgan fingerprint density at radius 3 is 2.70 bits per heavy atom. The molecule has 0 bridgehead atoms. The normalized spacial score (nSPS) is 16.3. The number of nitrogens with one attached hydrogen (secondary N) is 1. The van der Waals surface area contributed by atoms with E-state index < -0.39 is 6.04 Å². The van der Waals surface area contributed by atoms with Crippen molar-refractivity contribution in [3.8, 4) is 5.75 Å². The predicted molar refractivity (Wildman–Crippen MR) is 110 cm³/mol. The van der Waals surface area contributed by atoms with Gasteiger partial charge in [-0.05, 0) is 49.2 Å². The molecule has 2 aromatic carbocycles. The standard InChI is InChI=1S/C19H17BrCl2N2O3/c1-27-17-7-5-12(21)10-13(17)19(26)24-8-2-3-16(24)18(25)23-15-6-4-11(20)9-14(15)22/h4-7,9-10,16H,2-3,8H2,1H3,(H,23,25). The fourth-order valence-electron chi connectivity index (χ4n) is 3.09. The molecule has 5 nitrogen and oxygen atoms in total. The van der Waals surface area contributed by atoms with Gasteiger partial charge in [-0.3, -0.25) is 9.59 Å². The molecule has 8 heteroatoms. The first-order valence-corrected chi connectivity index (χ1v) is 9.86. The number of hydrogen-bond acceptors (Lipinski definition) is 3. The summed E-state index contributed by atoms with van der Waals surface area (Å²) in [5, 5.41) is 3.67. The van der Waals surface area contributed by atoms with Gasteiger partial charge < -0.3 is 15.0 Å². The van der Waals surface area contributed by atoms with Gasteiger partial charge in [0.05, 0.1) is 23.4 Å². The summed E-state index contributed by atoms with van der Waals surface area (Å²) in [6.07, 6.45) is 1.31. The number of rotatable bonds is 4. The van der Waals surface area contributed by atoms with Crippen LogP contribution in [0, 0.1) is 0 Å². The molecule has 0 aliphatic carbocycles. The molecule has 0 aromatic heterocycles. The van der Waals surface area contributed by atoms with Gasteiger partial charge in [0.2, 0.25) is 5.91 Å².